The van der Waals surface area contributed by atoms with Crippen molar-refractivity contribution < 1.29 is 29.0 Å². The van der Waals surface area contributed by atoms with Crippen LogP contribution in [0.5, 0.6) is 11.5 Å². The number of nitrogens with one attached hydrogen (secondary N) is 2. The summed E-state index contributed by atoms with van der Waals surface area (Å²) < 4.78 is 10.7. The number of carboxylic acid groups (broad SMARTS) is 1. The second kappa shape index (κ2) is 14.8. The molecule has 9 heteroatoms. The zero-order valence-corrected chi connectivity index (χ0v) is 20.4. The number of amides is 1. The number of carbonyl (C=O) groups is 3. The first kappa shape index (κ1) is 27.0. The summed E-state index contributed by atoms with van der Waals surface area (Å²) >= 11 is 1.39. The van der Waals surface area contributed by atoms with Gasteiger partial charge in [0.05, 0.1) is 19.5 Å². The number of thioether (sulfide) groups is 1. The highest BCUT2D eigenvalue weighted by Gasteiger charge is 2.20. The topological polar surface area (TPSA) is 114 Å². The van der Waals surface area contributed by atoms with Crippen LogP contribution in [0.15, 0.2) is 48.5 Å². The molecule has 3 N–H and O–H groups in total. The molecule has 2 aromatic carbocycles. The third-order valence-corrected chi connectivity index (χ3v) is 5.47. The van der Waals surface area contributed by atoms with Gasteiger partial charge < -0.3 is 25.2 Å². The molecule has 2 rings (SSSR count). The van der Waals surface area contributed by atoms with Gasteiger partial charge in [-0.1, -0.05) is 12.1 Å². The van der Waals surface area contributed by atoms with Gasteiger partial charge in [0.25, 0.3) is 0 Å². The maximum Gasteiger partial charge on any atom is 0.303 e. The van der Waals surface area contributed by atoms with Crippen LogP contribution in [0.4, 0.5) is 5.69 Å². The number of hydrogen-bond donors (Lipinski definition) is 3. The molecule has 1 unspecified atom stereocenters. The lowest BCUT2D eigenvalue weighted by molar-refractivity contribution is -0.137. The van der Waals surface area contributed by atoms with Crippen molar-refractivity contribution in [1.29, 1.82) is 0 Å². The number of carboxylic acids is 1. The molecule has 0 aliphatic rings. The first-order valence-electron chi connectivity index (χ1n) is 11.1. The lowest BCUT2D eigenvalue weighted by Crippen LogP contribution is -2.47. The van der Waals surface area contributed by atoms with E-state index in [0.717, 1.165) is 17.7 Å². The molecule has 184 valence electrons. The summed E-state index contributed by atoms with van der Waals surface area (Å²) in [6, 6.07) is 14.7. The first-order chi connectivity index (χ1) is 16.4. The Balaban J connectivity index is 1.91. The minimum atomic E-state index is -0.855. The average Bonchev–Trinajstić information content (AvgIpc) is 2.83. The molecule has 0 aliphatic carbocycles. The number of benzene rings is 2. The molecule has 0 aliphatic heterocycles. The number of ether oxygens (including phenoxy) is 2. The quantitative estimate of drug-likeness (QED) is 0.242. The summed E-state index contributed by atoms with van der Waals surface area (Å²) in [6.07, 6.45) is 3.18. The van der Waals surface area contributed by atoms with Gasteiger partial charge in [-0.05, 0) is 67.5 Å². The molecule has 1 atom stereocenters. The molecule has 0 saturated heterocycles. The van der Waals surface area contributed by atoms with Crippen molar-refractivity contribution in [3.63, 3.8) is 0 Å². The van der Waals surface area contributed by atoms with Gasteiger partial charge >= 0.3 is 5.97 Å². The number of rotatable bonds is 16. The fourth-order valence-corrected chi connectivity index (χ4v) is 3.51. The van der Waals surface area contributed by atoms with Gasteiger partial charge in [0, 0.05) is 18.5 Å². The predicted octanol–water partition coefficient (Wildman–Crippen LogP) is 3.75. The number of anilines is 1. The standard InChI is InChI=1S/C25H32N2O6S/c1-32-20-12-8-18(9-13-20)5-3-6-22(28)25(27-23(29)17-34-2)26-19-10-14-21(15-11-19)33-16-4-7-24(30)31/h8-15,25-26H,3-7,16-17H2,1-2H3,(H,27,29)(H,30,31). The zero-order valence-electron chi connectivity index (χ0n) is 19.5. The minimum Gasteiger partial charge on any atom is -0.497 e. The fraction of sp³-hybridized carbons (Fsp3) is 0.400. The molecule has 34 heavy (non-hydrogen) atoms. The van der Waals surface area contributed by atoms with Crippen LogP contribution in [0.2, 0.25) is 0 Å². The van der Waals surface area contributed by atoms with Crippen LogP contribution in [0.25, 0.3) is 0 Å². The van der Waals surface area contributed by atoms with Crippen molar-refractivity contribution in [2.24, 2.45) is 0 Å². The molecule has 0 radical (unpaired) electrons. The highest BCUT2D eigenvalue weighted by molar-refractivity contribution is 7.99. The van der Waals surface area contributed by atoms with Crippen LogP contribution in [0.1, 0.15) is 31.2 Å². The third-order valence-electron chi connectivity index (χ3n) is 4.92. The second-order valence-electron chi connectivity index (χ2n) is 7.62. The van der Waals surface area contributed by atoms with Crippen LogP contribution in [0.3, 0.4) is 0 Å². The van der Waals surface area contributed by atoms with Gasteiger partial charge in [-0.2, -0.15) is 11.8 Å². The Hall–Kier alpha value is -3.20. The molecule has 8 nitrogen and oxygen atoms in total. The van der Waals surface area contributed by atoms with Crippen molar-refractivity contribution in [2.45, 2.75) is 38.3 Å². The smallest absolute Gasteiger partial charge is 0.303 e. The fourth-order valence-electron chi connectivity index (χ4n) is 3.16. The van der Waals surface area contributed by atoms with Crippen molar-refractivity contribution >= 4 is 35.1 Å². The molecule has 2 aromatic rings. The Labute approximate surface area is 204 Å². The van der Waals surface area contributed by atoms with E-state index in [0.29, 0.717) is 37.3 Å². The monoisotopic (exact) mass is 488 g/mol. The number of methoxy groups -OCH3 is 1. The average molecular weight is 489 g/mol. The summed E-state index contributed by atoms with van der Waals surface area (Å²) in [6.45, 7) is 0.305. The number of hydrogen-bond acceptors (Lipinski definition) is 7. The van der Waals surface area contributed by atoms with Gasteiger partial charge in [-0.25, -0.2) is 0 Å². The zero-order chi connectivity index (χ0) is 24.8. The summed E-state index contributed by atoms with van der Waals surface area (Å²) in [5.41, 5.74) is 1.78. The van der Waals surface area contributed by atoms with Crippen molar-refractivity contribution in [3.05, 3.63) is 54.1 Å². The van der Waals surface area contributed by atoms with E-state index in [1.807, 2.05) is 30.5 Å². The van der Waals surface area contributed by atoms with E-state index in [-0.39, 0.29) is 23.9 Å². The normalized spacial score (nSPS) is 11.4. The van der Waals surface area contributed by atoms with Gasteiger partial charge in [-0.3, -0.25) is 14.4 Å². The summed E-state index contributed by atoms with van der Waals surface area (Å²) in [7, 11) is 1.62. The molecular weight excluding hydrogens is 456 g/mol. The Morgan fingerprint density at radius 1 is 0.971 bits per heavy atom. The van der Waals surface area contributed by atoms with E-state index in [4.69, 9.17) is 14.6 Å². The first-order valence-corrected chi connectivity index (χ1v) is 12.5. The van der Waals surface area contributed by atoms with Crippen LogP contribution in [-0.4, -0.2) is 54.7 Å². The SMILES string of the molecule is COc1ccc(CCCC(=O)C(NC(=O)CSC)Nc2ccc(OCCCC(=O)O)cc2)cc1. The summed E-state index contributed by atoms with van der Waals surface area (Å²) in [5.74, 6) is 0.484. The van der Waals surface area contributed by atoms with Crippen molar-refractivity contribution in [1.82, 2.24) is 5.32 Å². The number of ketones is 1. The number of carbonyl (C=O) groups excluding carboxylic acids is 2. The van der Waals surface area contributed by atoms with Crippen LogP contribution < -0.4 is 20.1 Å². The molecule has 1 amide bonds. The molecule has 0 saturated carbocycles. The molecule has 0 spiro atoms. The summed E-state index contributed by atoms with van der Waals surface area (Å²) in [4.78, 5) is 35.6. The van der Waals surface area contributed by atoms with Crippen LogP contribution in [0, 0.1) is 0 Å². The highest BCUT2D eigenvalue weighted by Crippen LogP contribution is 2.18. The number of aliphatic carboxylic acids is 1. The molecule has 0 fully saturated rings. The molecule has 0 aromatic heterocycles. The van der Waals surface area contributed by atoms with Gasteiger partial charge in [0.1, 0.15) is 11.5 Å². The van der Waals surface area contributed by atoms with E-state index in [1.165, 1.54) is 11.8 Å². The Bertz CT molecular complexity index is 918. The largest absolute Gasteiger partial charge is 0.497 e. The molecule has 0 heterocycles. The van der Waals surface area contributed by atoms with Crippen LogP contribution in [-0.2, 0) is 20.8 Å². The van der Waals surface area contributed by atoms with Gasteiger partial charge in [0.15, 0.2) is 11.9 Å². The Morgan fingerprint density at radius 2 is 1.65 bits per heavy atom. The molecule has 0 bridgehead atoms. The Kier molecular flexibility index (Phi) is 11.8. The highest BCUT2D eigenvalue weighted by atomic mass is 32.2. The Morgan fingerprint density at radius 3 is 2.26 bits per heavy atom. The van der Waals surface area contributed by atoms with E-state index in [9.17, 15) is 14.4 Å². The van der Waals surface area contributed by atoms with E-state index >= 15 is 0 Å². The predicted molar refractivity (Wildman–Crippen MR) is 134 cm³/mol. The maximum atomic E-state index is 12.9. The lowest BCUT2D eigenvalue weighted by Gasteiger charge is -2.20. The van der Waals surface area contributed by atoms with E-state index in [2.05, 4.69) is 10.6 Å². The van der Waals surface area contributed by atoms with E-state index < -0.39 is 12.1 Å². The number of aryl methyl sites for hydroxylation is 1. The number of Topliss-reactive ketones (excluding diaryl/α,β-unsaturated/α-hetero) is 1. The van der Waals surface area contributed by atoms with Crippen molar-refractivity contribution in [2.75, 3.05) is 31.0 Å². The molecular formula is C25H32N2O6S. The van der Waals surface area contributed by atoms with Gasteiger partial charge in [0.2, 0.25) is 5.91 Å². The second-order valence-corrected chi connectivity index (χ2v) is 8.48. The van der Waals surface area contributed by atoms with Crippen molar-refractivity contribution in [3.8, 4) is 11.5 Å². The van der Waals surface area contributed by atoms with E-state index in [1.54, 1.807) is 31.4 Å². The van der Waals surface area contributed by atoms with Gasteiger partial charge in [-0.15, -0.1) is 0 Å². The third kappa shape index (κ3) is 10.2. The summed E-state index contributed by atoms with van der Waals surface area (Å²) in [5, 5.41) is 14.5. The minimum absolute atomic E-state index is 0.0532. The maximum absolute atomic E-state index is 12.9. The van der Waals surface area contributed by atoms with Crippen LogP contribution >= 0.6 is 11.8 Å². The lowest BCUT2D eigenvalue weighted by atomic mass is 10.1.